The molecule has 0 radical (unpaired) electrons. The molecule has 1 aromatic carbocycles. The molecule has 1 aromatic rings. The lowest BCUT2D eigenvalue weighted by atomic mass is 10.2. The molecule has 0 spiro atoms. The first-order valence-corrected chi connectivity index (χ1v) is 7.30. The van der Waals surface area contributed by atoms with Crippen LogP contribution in [0.2, 0.25) is 0 Å². The molecule has 0 amide bonds. The molecular formula is C12H16FNO5S. The summed E-state index contributed by atoms with van der Waals surface area (Å²) in [5.74, 6) is -2.23. The summed E-state index contributed by atoms with van der Waals surface area (Å²) in [7, 11) is -2.67. The summed E-state index contributed by atoms with van der Waals surface area (Å²) in [6.07, 6.45) is 0. The van der Waals surface area contributed by atoms with Crippen LogP contribution < -0.4 is 0 Å². The molecule has 0 heterocycles. The highest BCUT2D eigenvalue weighted by Gasteiger charge is 2.28. The third-order valence-corrected chi connectivity index (χ3v) is 4.70. The van der Waals surface area contributed by atoms with E-state index < -0.39 is 32.3 Å². The summed E-state index contributed by atoms with van der Waals surface area (Å²) >= 11 is 0. The third-order valence-electron chi connectivity index (χ3n) is 2.69. The van der Waals surface area contributed by atoms with Crippen molar-refractivity contribution in [1.29, 1.82) is 0 Å². The predicted molar refractivity (Wildman–Crippen MR) is 69.7 cm³/mol. The number of nitrogens with zero attached hydrogens (tertiary/aromatic N) is 1. The first-order chi connectivity index (χ1) is 9.34. The van der Waals surface area contributed by atoms with Gasteiger partial charge in [-0.25, -0.2) is 17.6 Å². The van der Waals surface area contributed by atoms with Crippen LogP contribution in [0.1, 0.15) is 17.3 Å². The summed E-state index contributed by atoms with van der Waals surface area (Å²) in [5, 5.41) is 9.02. The third kappa shape index (κ3) is 3.53. The minimum absolute atomic E-state index is 0.0604. The topological polar surface area (TPSA) is 83.9 Å². The van der Waals surface area contributed by atoms with Crippen LogP contribution in [0.5, 0.6) is 0 Å². The van der Waals surface area contributed by atoms with Gasteiger partial charge in [-0.1, -0.05) is 6.92 Å². The quantitative estimate of drug-likeness (QED) is 0.818. The van der Waals surface area contributed by atoms with Crippen LogP contribution in [0.25, 0.3) is 0 Å². The number of methoxy groups -OCH3 is 1. The van der Waals surface area contributed by atoms with Crippen molar-refractivity contribution in [3.05, 3.63) is 29.6 Å². The Balaban J connectivity index is 3.32. The number of aromatic carboxylic acids is 1. The average molecular weight is 305 g/mol. The van der Waals surface area contributed by atoms with Crippen molar-refractivity contribution >= 4 is 16.0 Å². The van der Waals surface area contributed by atoms with Gasteiger partial charge in [0.15, 0.2) is 0 Å². The minimum Gasteiger partial charge on any atom is -0.478 e. The second-order valence-electron chi connectivity index (χ2n) is 3.94. The number of sulfonamides is 1. The van der Waals surface area contributed by atoms with Crippen molar-refractivity contribution < 1.29 is 27.4 Å². The molecule has 0 aliphatic rings. The molecule has 0 aromatic heterocycles. The average Bonchev–Trinajstić information content (AvgIpc) is 2.38. The molecule has 20 heavy (non-hydrogen) atoms. The van der Waals surface area contributed by atoms with E-state index in [2.05, 4.69) is 0 Å². The van der Waals surface area contributed by atoms with Crippen molar-refractivity contribution in [3.8, 4) is 0 Å². The minimum atomic E-state index is -4.09. The number of carboxylic acid groups (broad SMARTS) is 1. The zero-order valence-corrected chi connectivity index (χ0v) is 12.0. The van der Waals surface area contributed by atoms with Gasteiger partial charge in [0.1, 0.15) is 5.82 Å². The van der Waals surface area contributed by atoms with Crippen LogP contribution in [0.4, 0.5) is 4.39 Å². The number of carboxylic acids is 1. The number of halogens is 1. The highest BCUT2D eigenvalue weighted by Crippen LogP contribution is 2.21. The smallest absolute Gasteiger partial charge is 0.337 e. The molecule has 6 nitrogen and oxygen atoms in total. The molecule has 0 atom stereocenters. The first kappa shape index (κ1) is 16.5. The normalized spacial score (nSPS) is 11.8. The Morgan fingerprint density at radius 2 is 2.10 bits per heavy atom. The van der Waals surface area contributed by atoms with E-state index in [9.17, 15) is 17.6 Å². The zero-order chi connectivity index (χ0) is 15.3. The summed E-state index contributed by atoms with van der Waals surface area (Å²) < 4.78 is 43.9. The van der Waals surface area contributed by atoms with Gasteiger partial charge in [0.05, 0.1) is 17.1 Å². The van der Waals surface area contributed by atoms with Crippen LogP contribution in [0, 0.1) is 5.82 Å². The SMILES string of the molecule is CCN(CCOC)S(=O)(=O)c1cc(F)ccc1C(=O)O. The summed E-state index contributed by atoms with van der Waals surface area (Å²) in [6, 6.07) is 2.57. The van der Waals surface area contributed by atoms with E-state index in [1.54, 1.807) is 6.92 Å². The molecule has 0 unspecified atom stereocenters. The van der Waals surface area contributed by atoms with Gasteiger partial charge in [-0.3, -0.25) is 0 Å². The molecule has 8 heteroatoms. The highest BCUT2D eigenvalue weighted by molar-refractivity contribution is 7.89. The number of hydrogen-bond donors (Lipinski definition) is 1. The fourth-order valence-electron chi connectivity index (χ4n) is 1.67. The van der Waals surface area contributed by atoms with Crippen LogP contribution in [0.15, 0.2) is 23.1 Å². The second-order valence-corrected chi connectivity index (χ2v) is 5.84. The van der Waals surface area contributed by atoms with E-state index in [0.717, 1.165) is 16.4 Å². The van der Waals surface area contributed by atoms with Gasteiger partial charge in [0.2, 0.25) is 10.0 Å². The molecule has 0 saturated carbocycles. The number of hydrogen-bond acceptors (Lipinski definition) is 4. The summed E-state index contributed by atoms with van der Waals surface area (Å²) in [6.45, 7) is 1.95. The molecule has 112 valence electrons. The van der Waals surface area contributed by atoms with Gasteiger partial charge >= 0.3 is 5.97 Å². The number of carbonyl (C=O) groups is 1. The van der Waals surface area contributed by atoms with Gasteiger partial charge in [0.25, 0.3) is 0 Å². The molecule has 1 N–H and O–H groups in total. The fourth-order valence-corrected chi connectivity index (χ4v) is 3.29. The Kier molecular flexibility index (Phi) is 5.61. The van der Waals surface area contributed by atoms with E-state index in [4.69, 9.17) is 9.84 Å². The molecule has 0 aliphatic carbocycles. The van der Waals surface area contributed by atoms with Gasteiger partial charge in [-0.05, 0) is 18.2 Å². The van der Waals surface area contributed by atoms with Crippen LogP contribution >= 0.6 is 0 Å². The lowest BCUT2D eigenvalue weighted by molar-refractivity contribution is 0.0692. The Hall–Kier alpha value is -1.51. The monoisotopic (exact) mass is 305 g/mol. The van der Waals surface area contributed by atoms with Crippen LogP contribution in [0.3, 0.4) is 0 Å². The van der Waals surface area contributed by atoms with Gasteiger partial charge in [-0.2, -0.15) is 4.31 Å². The van der Waals surface area contributed by atoms with E-state index in [1.807, 2.05) is 0 Å². The number of benzene rings is 1. The maximum absolute atomic E-state index is 13.3. The summed E-state index contributed by atoms with van der Waals surface area (Å²) in [4.78, 5) is 10.5. The molecular weight excluding hydrogens is 289 g/mol. The fraction of sp³-hybridized carbons (Fsp3) is 0.417. The molecule has 0 bridgehead atoms. The van der Waals surface area contributed by atoms with E-state index in [1.165, 1.54) is 7.11 Å². The molecule has 0 fully saturated rings. The van der Waals surface area contributed by atoms with Crippen molar-refractivity contribution in [2.45, 2.75) is 11.8 Å². The maximum atomic E-state index is 13.3. The Morgan fingerprint density at radius 1 is 1.45 bits per heavy atom. The van der Waals surface area contributed by atoms with E-state index >= 15 is 0 Å². The number of ether oxygens (including phenoxy) is 1. The van der Waals surface area contributed by atoms with Crippen molar-refractivity contribution in [2.75, 3.05) is 26.8 Å². The van der Waals surface area contributed by atoms with E-state index in [0.29, 0.717) is 6.07 Å². The van der Waals surface area contributed by atoms with Crippen LogP contribution in [-0.4, -0.2) is 50.6 Å². The lowest BCUT2D eigenvalue weighted by Gasteiger charge is -2.21. The van der Waals surface area contributed by atoms with Crippen molar-refractivity contribution in [3.63, 3.8) is 0 Å². The van der Waals surface area contributed by atoms with Crippen molar-refractivity contribution in [1.82, 2.24) is 4.31 Å². The Morgan fingerprint density at radius 3 is 2.60 bits per heavy atom. The van der Waals surface area contributed by atoms with Crippen molar-refractivity contribution in [2.24, 2.45) is 0 Å². The molecule has 1 rings (SSSR count). The van der Waals surface area contributed by atoms with Gasteiger partial charge < -0.3 is 9.84 Å². The highest BCUT2D eigenvalue weighted by atomic mass is 32.2. The maximum Gasteiger partial charge on any atom is 0.337 e. The van der Waals surface area contributed by atoms with Crippen LogP contribution in [-0.2, 0) is 14.8 Å². The lowest BCUT2D eigenvalue weighted by Crippen LogP contribution is -2.34. The first-order valence-electron chi connectivity index (χ1n) is 5.86. The molecule has 0 aliphatic heterocycles. The van der Waals surface area contributed by atoms with E-state index in [-0.39, 0.29) is 19.7 Å². The predicted octanol–water partition coefficient (Wildman–Crippen LogP) is 1.18. The summed E-state index contributed by atoms with van der Waals surface area (Å²) in [5.41, 5.74) is -0.456. The molecule has 0 saturated heterocycles. The number of likely N-dealkylation sites (N-methyl/N-ethyl adjacent to an activating group) is 1. The second kappa shape index (κ2) is 6.78. The number of rotatable bonds is 7. The Labute approximate surface area is 116 Å². The van der Waals surface area contributed by atoms with Gasteiger partial charge in [0, 0.05) is 20.2 Å². The Bertz CT molecular complexity index is 588. The van der Waals surface area contributed by atoms with Gasteiger partial charge in [-0.15, -0.1) is 0 Å². The zero-order valence-electron chi connectivity index (χ0n) is 11.2. The standard InChI is InChI=1S/C12H16FNO5S/c1-3-14(6-7-19-2)20(17,18)11-8-9(13)4-5-10(11)12(15)16/h4-5,8H,3,6-7H2,1-2H3,(H,15,16). The largest absolute Gasteiger partial charge is 0.478 e.